The molecule has 0 aromatic carbocycles. The molecule has 0 aromatic rings. The minimum Gasteiger partial charge on any atom is -0.468 e. The Morgan fingerprint density at radius 2 is 2.50 bits per heavy atom. The Hall–Kier alpha value is -0.440. The van der Waals surface area contributed by atoms with Gasteiger partial charge in [-0.05, 0) is 18.2 Å². The van der Waals surface area contributed by atoms with Gasteiger partial charge in [0.15, 0.2) is 0 Å². The van der Waals surface area contributed by atoms with Crippen LogP contribution in [0.5, 0.6) is 0 Å². The number of methoxy groups -OCH3 is 1. The van der Waals surface area contributed by atoms with Gasteiger partial charge in [0.05, 0.1) is 7.11 Å². The van der Waals surface area contributed by atoms with E-state index in [-0.39, 0.29) is 10.7 Å². The van der Waals surface area contributed by atoms with Crippen LogP contribution in [0.3, 0.4) is 0 Å². The van der Waals surface area contributed by atoms with E-state index in [1.807, 2.05) is 11.5 Å². The van der Waals surface area contributed by atoms with Gasteiger partial charge in [0, 0.05) is 0 Å². The molecule has 1 atom stereocenters. The zero-order valence-electron chi connectivity index (χ0n) is 7.50. The Morgan fingerprint density at radius 3 is 2.92 bits per heavy atom. The molecule has 1 heterocycles. The lowest BCUT2D eigenvalue weighted by Crippen LogP contribution is -2.33. The van der Waals surface area contributed by atoms with Gasteiger partial charge in [-0.1, -0.05) is 19.4 Å². The molecule has 0 saturated carbocycles. The Morgan fingerprint density at radius 1 is 1.75 bits per heavy atom. The minimum absolute atomic E-state index is 0.0839. The fraction of sp³-hybridized carbons (Fsp3) is 0.667. The Balaban J connectivity index is 2.66. The zero-order chi connectivity index (χ0) is 9.03. The number of carbonyl (C=O) groups excluding carboxylic acids is 1. The summed E-state index contributed by atoms with van der Waals surface area (Å²) in [6.45, 7) is 2.09. The van der Waals surface area contributed by atoms with Crippen molar-refractivity contribution < 1.29 is 9.53 Å². The highest BCUT2D eigenvalue weighted by Gasteiger charge is 2.39. The van der Waals surface area contributed by atoms with Gasteiger partial charge < -0.3 is 4.74 Å². The zero-order valence-corrected chi connectivity index (χ0v) is 8.32. The van der Waals surface area contributed by atoms with Crippen LogP contribution in [-0.2, 0) is 9.53 Å². The van der Waals surface area contributed by atoms with E-state index in [2.05, 4.69) is 6.92 Å². The summed E-state index contributed by atoms with van der Waals surface area (Å²) in [4.78, 5) is 11.4. The van der Waals surface area contributed by atoms with Crippen LogP contribution in [0.4, 0.5) is 0 Å². The molecular weight excluding hydrogens is 172 g/mol. The summed E-state index contributed by atoms with van der Waals surface area (Å²) in [5.41, 5.74) is 0. The highest BCUT2D eigenvalue weighted by atomic mass is 32.2. The quantitative estimate of drug-likeness (QED) is 0.633. The standard InChI is InChI=1S/C9H14O2S/c1-3-5-9(8(10)11-2)6-4-7-12-9/h4,7H,3,5-6H2,1-2H3. The Bertz CT molecular complexity index is 191. The Labute approximate surface area is 77.4 Å². The second-order valence-corrected chi connectivity index (χ2v) is 4.22. The topological polar surface area (TPSA) is 26.3 Å². The lowest BCUT2D eigenvalue weighted by atomic mass is 9.99. The maximum absolute atomic E-state index is 11.4. The largest absolute Gasteiger partial charge is 0.468 e. The van der Waals surface area contributed by atoms with E-state index in [9.17, 15) is 4.79 Å². The van der Waals surface area contributed by atoms with Crippen molar-refractivity contribution in [2.45, 2.75) is 30.9 Å². The Kier molecular flexibility index (Phi) is 3.20. The van der Waals surface area contributed by atoms with E-state index in [0.717, 1.165) is 19.3 Å². The van der Waals surface area contributed by atoms with Crippen molar-refractivity contribution in [1.29, 1.82) is 0 Å². The number of allylic oxidation sites excluding steroid dienone is 1. The molecule has 2 nitrogen and oxygen atoms in total. The van der Waals surface area contributed by atoms with Crippen LogP contribution < -0.4 is 0 Å². The van der Waals surface area contributed by atoms with Gasteiger partial charge in [-0.3, -0.25) is 4.79 Å². The molecule has 0 aliphatic carbocycles. The summed E-state index contributed by atoms with van der Waals surface area (Å²) >= 11 is 1.59. The van der Waals surface area contributed by atoms with Gasteiger partial charge in [0.25, 0.3) is 0 Å². The first kappa shape index (κ1) is 9.65. The molecule has 0 amide bonds. The van der Waals surface area contributed by atoms with Crippen LogP contribution in [0, 0.1) is 0 Å². The monoisotopic (exact) mass is 186 g/mol. The number of hydrogen-bond acceptors (Lipinski definition) is 3. The van der Waals surface area contributed by atoms with E-state index >= 15 is 0 Å². The maximum atomic E-state index is 11.4. The smallest absolute Gasteiger partial charge is 0.322 e. The van der Waals surface area contributed by atoms with Crippen molar-refractivity contribution in [3.05, 3.63) is 11.5 Å². The number of hydrogen-bond donors (Lipinski definition) is 0. The molecule has 3 heteroatoms. The first-order chi connectivity index (χ1) is 5.75. The van der Waals surface area contributed by atoms with Crippen molar-refractivity contribution in [2.24, 2.45) is 0 Å². The molecular formula is C9H14O2S. The summed E-state index contributed by atoms with van der Waals surface area (Å²) in [6.07, 6.45) is 4.77. The number of rotatable bonds is 3. The lowest BCUT2D eigenvalue weighted by molar-refractivity contribution is -0.143. The van der Waals surface area contributed by atoms with Crippen molar-refractivity contribution in [3.8, 4) is 0 Å². The lowest BCUT2D eigenvalue weighted by Gasteiger charge is -2.23. The molecule has 0 spiro atoms. The summed E-state index contributed by atoms with van der Waals surface area (Å²) in [5.74, 6) is -0.0839. The summed E-state index contributed by atoms with van der Waals surface area (Å²) in [7, 11) is 1.46. The second-order valence-electron chi connectivity index (χ2n) is 2.93. The van der Waals surface area contributed by atoms with Crippen molar-refractivity contribution in [1.82, 2.24) is 0 Å². The average molecular weight is 186 g/mol. The first-order valence-corrected chi connectivity index (χ1v) is 5.04. The highest BCUT2D eigenvalue weighted by Crippen LogP contribution is 2.41. The molecule has 0 radical (unpaired) electrons. The van der Waals surface area contributed by atoms with Crippen molar-refractivity contribution in [2.75, 3.05) is 7.11 Å². The van der Waals surface area contributed by atoms with Crippen LogP contribution in [0.25, 0.3) is 0 Å². The highest BCUT2D eigenvalue weighted by molar-refractivity contribution is 8.04. The van der Waals surface area contributed by atoms with Gasteiger partial charge >= 0.3 is 5.97 Å². The molecule has 0 saturated heterocycles. The number of carbonyl (C=O) groups is 1. The number of thioether (sulfide) groups is 1. The predicted molar refractivity (Wildman–Crippen MR) is 51.0 cm³/mol. The molecule has 1 unspecified atom stereocenters. The second kappa shape index (κ2) is 3.99. The van der Waals surface area contributed by atoms with Gasteiger partial charge in [-0.2, -0.15) is 0 Å². The normalized spacial score (nSPS) is 27.5. The number of ether oxygens (including phenoxy) is 1. The van der Waals surface area contributed by atoms with E-state index < -0.39 is 0 Å². The van der Waals surface area contributed by atoms with E-state index in [1.165, 1.54) is 7.11 Å². The molecule has 0 N–H and O–H groups in total. The first-order valence-electron chi connectivity index (χ1n) is 4.16. The van der Waals surface area contributed by atoms with Gasteiger partial charge in [0.1, 0.15) is 4.75 Å². The van der Waals surface area contributed by atoms with E-state index in [1.54, 1.807) is 11.8 Å². The molecule has 12 heavy (non-hydrogen) atoms. The summed E-state index contributed by atoms with van der Waals surface area (Å²) in [6, 6.07) is 0. The van der Waals surface area contributed by atoms with Crippen molar-refractivity contribution in [3.63, 3.8) is 0 Å². The summed E-state index contributed by atoms with van der Waals surface area (Å²) < 4.78 is 4.49. The fourth-order valence-electron chi connectivity index (χ4n) is 1.45. The van der Waals surface area contributed by atoms with Crippen LogP contribution >= 0.6 is 11.8 Å². The molecule has 0 aromatic heterocycles. The fourth-order valence-corrected chi connectivity index (χ4v) is 2.60. The van der Waals surface area contributed by atoms with Gasteiger partial charge in [-0.25, -0.2) is 0 Å². The minimum atomic E-state index is -0.302. The summed E-state index contributed by atoms with van der Waals surface area (Å²) in [5, 5.41) is 1.99. The predicted octanol–water partition coefficient (Wildman–Crippen LogP) is 2.35. The number of esters is 1. The molecule has 1 rings (SSSR count). The van der Waals surface area contributed by atoms with Crippen LogP contribution in [-0.4, -0.2) is 17.8 Å². The van der Waals surface area contributed by atoms with E-state index in [0.29, 0.717) is 0 Å². The van der Waals surface area contributed by atoms with Crippen LogP contribution in [0.15, 0.2) is 11.5 Å². The molecule has 1 aliphatic heterocycles. The van der Waals surface area contributed by atoms with Crippen molar-refractivity contribution >= 4 is 17.7 Å². The average Bonchev–Trinajstić information content (AvgIpc) is 2.53. The molecule has 68 valence electrons. The SMILES string of the molecule is CCCC1(C(=O)OC)CC=CS1. The van der Waals surface area contributed by atoms with Crippen LogP contribution in [0.1, 0.15) is 26.2 Å². The van der Waals surface area contributed by atoms with Crippen LogP contribution in [0.2, 0.25) is 0 Å². The molecule has 0 bridgehead atoms. The van der Waals surface area contributed by atoms with Gasteiger partial charge in [-0.15, -0.1) is 11.8 Å². The third-order valence-electron chi connectivity index (χ3n) is 2.05. The van der Waals surface area contributed by atoms with E-state index in [4.69, 9.17) is 4.74 Å². The third kappa shape index (κ3) is 1.66. The third-order valence-corrected chi connectivity index (χ3v) is 3.37. The van der Waals surface area contributed by atoms with Gasteiger partial charge in [0.2, 0.25) is 0 Å². The maximum Gasteiger partial charge on any atom is 0.322 e. The molecule has 0 fully saturated rings. The molecule has 1 aliphatic rings.